The van der Waals surface area contributed by atoms with E-state index < -0.39 is 21.6 Å². The second-order valence-electron chi connectivity index (χ2n) is 8.85. The highest BCUT2D eigenvalue weighted by molar-refractivity contribution is 8.14. The van der Waals surface area contributed by atoms with E-state index in [0.717, 1.165) is 46.8 Å². The van der Waals surface area contributed by atoms with Crippen LogP contribution in [0.2, 0.25) is 0 Å². The van der Waals surface area contributed by atoms with Gasteiger partial charge in [-0.05, 0) is 42.0 Å². The Labute approximate surface area is 220 Å². The number of thioether (sulfide) groups is 1. The number of carbonyl (C=O) groups is 1. The van der Waals surface area contributed by atoms with Crippen molar-refractivity contribution >= 4 is 43.6 Å². The average molecular weight is 559 g/mol. The van der Waals surface area contributed by atoms with E-state index in [1.165, 1.54) is 23.2 Å². The lowest BCUT2D eigenvalue weighted by Crippen LogP contribution is -2.29. The van der Waals surface area contributed by atoms with Crippen LogP contribution in [0.5, 0.6) is 0 Å². The number of hydrogen-bond donors (Lipinski definition) is 0. The van der Waals surface area contributed by atoms with Gasteiger partial charge >= 0.3 is 11.4 Å². The summed E-state index contributed by atoms with van der Waals surface area (Å²) in [5.41, 5.74) is 3.05. The zero-order valence-corrected chi connectivity index (χ0v) is 21.9. The molecule has 0 bridgehead atoms. The van der Waals surface area contributed by atoms with Gasteiger partial charge in [-0.25, -0.2) is 18.4 Å². The largest absolute Gasteiger partial charge is 0.416 e. The number of imidazole rings is 1. The number of nitrogens with zero attached hydrogens (tertiary/aromatic N) is 4. The second-order valence-corrected chi connectivity index (χ2v) is 11.8. The van der Waals surface area contributed by atoms with E-state index in [0.29, 0.717) is 28.4 Å². The Morgan fingerprint density at radius 3 is 2.42 bits per heavy atom. The molecule has 2 heterocycles. The molecule has 0 N–H and O–H groups in total. The van der Waals surface area contributed by atoms with Gasteiger partial charge in [0.25, 0.3) is 0 Å². The molecule has 0 spiro atoms. The Bertz CT molecular complexity index is 1700. The van der Waals surface area contributed by atoms with Crippen LogP contribution >= 0.6 is 11.8 Å². The molecule has 0 atom stereocenters. The summed E-state index contributed by atoms with van der Waals surface area (Å²) in [6, 6.07) is 16.8. The molecule has 1 aromatic heterocycles. The van der Waals surface area contributed by atoms with Crippen LogP contribution in [0, 0.1) is 0 Å². The standard InChI is InChI=1S/C26H21F3N4O3S2/c1-32-23-11-8-17(13-21(23)30-24(32)18-4-3-5-19(12-18)26(27,28)29)22-15-37-25(34)33(31-22)14-16-6-9-20(10-7-16)38(2,35)36/h3-13H,14-15H2,1-2H3. The lowest BCUT2D eigenvalue weighted by atomic mass is 10.1. The van der Waals surface area contributed by atoms with Crippen LogP contribution in [0.1, 0.15) is 16.7 Å². The predicted molar refractivity (Wildman–Crippen MR) is 141 cm³/mol. The van der Waals surface area contributed by atoms with Crippen molar-refractivity contribution in [3.8, 4) is 11.4 Å². The first kappa shape index (κ1) is 26.0. The van der Waals surface area contributed by atoms with E-state index in [2.05, 4.69) is 10.1 Å². The van der Waals surface area contributed by atoms with Gasteiger partial charge in [-0.3, -0.25) is 4.79 Å². The van der Waals surface area contributed by atoms with Crippen LogP contribution in [0.3, 0.4) is 0 Å². The van der Waals surface area contributed by atoms with Crippen LogP contribution in [-0.4, -0.2) is 45.9 Å². The first-order valence-corrected chi connectivity index (χ1v) is 14.2. The first-order valence-electron chi connectivity index (χ1n) is 11.4. The van der Waals surface area contributed by atoms with Crippen LogP contribution < -0.4 is 0 Å². The van der Waals surface area contributed by atoms with Gasteiger partial charge in [0.05, 0.1) is 33.7 Å². The smallest absolute Gasteiger partial charge is 0.327 e. The maximum atomic E-state index is 13.2. The SMILES string of the molecule is Cn1c(-c2cccc(C(F)(F)F)c2)nc2cc(C3=NN(Cc4ccc(S(C)(=O)=O)cc4)C(=O)SC3)ccc21. The monoisotopic (exact) mass is 558 g/mol. The molecule has 0 saturated heterocycles. The molecule has 1 aliphatic heterocycles. The number of fused-ring (bicyclic) bond motifs is 1. The van der Waals surface area contributed by atoms with Crippen molar-refractivity contribution in [3.63, 3.8) is 0 Å². The summed E-state index contributed by atoms with van der Waals surface area (Å²) in [6.45, 7) is 0.172. The molecule has 0 aliphatic carbocycles. The minimum atomic E-state index is -4.45. The molecule has 38 heavy (non-hydrogen) atoms. The molecule has 1 aliphatic rings. The minimum Gasteiger partial charge on any atom is -0.327 e. The third-order valence-electron chi connectivity index (χ3n) is 6.13. The highest BCUT2D eigenvalue weighted by Crippen LogP contribution is 2.33. The molecule has 0 fully saturated rings. The molecule has 1 amide bonds. The number of hydrazone groups is 1. The Kier molecular flexibility index (Phi) is 6.56. The normalized spacial score (nSPS) is 14.7. The Hall–Kier alpha value is -3.64. The van der Waals surface area contributed by atoms with Crippen molar-refractivity contribution in [3.05, 3.63) is 83.4 Å². The van der Waals surface area contributed by atoms with Crippen molar-refractivity contribution in [2.75, 3.05) is 12.0 Å². The second kappa shape index (κ2) is 9.59. The molecule has 12 heteroatoms. The van der Waals surface area contributed by atoms with Crippen molar-refractivity contribution in [2.45, 2.75) is 17.6 Å². The lowest BCUT2D eigenvalue weighted by molar-refractivity contribution is -0.137. The number of amides is 1. The van der Waals surface area contributed by atoms with Crippen LogP contribution in [0.4, 0.5) is 18.0 Å². The Balaban J connectivity index is 1.44. The van der Waals surface area contributed by atoms with Gasteiger partial charge in [-0.15, -0.1) is 0 Å². The number of rotatable bonds is 5. The summed E-state index contributed by atoms with van der Waals surface area (Å²) >= 11 is 1.10. The molecule has 0 radical (unpaired) electrons. The molecule has 0 saturated carbocycles. The van der Waals surface area contributed by atoms with Gasteiger partial charge in [0, 0.05) is 30.2 Å². The highest BCUT2D eigenvalue weighted by Gasteiger charge is 2.31. The van der Waals surface area contributed by atoms with Crippen LogP contribution in [-0.2, 0) is 29.6 Å². The molecule has 5 rings (SSSR count). The number of alkyl halides is 3. The number of aromatic nitrogens is 2. The van der Waals surface area contributed by atoms with Gasteiger partial charge in [-0.1, -0.05) is 42.1 Å². The fourth-order valence-electron chi connectivity index (χ4n) is 4.15. The highest BCUT2D eigenvalue weighted by atomic mass is 32.2. The first-order chi connectivity index (χ1) is 17.9. The van der Waals surface area contributed by atoms with E-state index in [4.69, 9.17) is 0 Å². The number of benzene rings is 3. The van der Waals surface area contributed by atoms with Crippen molar-refractivity contribution in [1.82, 2.24) is 14.6 Å². The number of carbonyl (C=O) groups excluding carboxylic acids is 1. The summed E-state index contributed by atoms with van der Waals surface area (Å²) in [5.74, 6) is 0.749. The topological polar surface area (TPSA) is 84.6 Å². The summed E-state index contributed by atoms with van der Waals surface area (Å²) in [5, 5.41) is 5.63. The molecule has 0 unspecified atom stereocenters. The minimum absolute atomic E-state index is 0.172. The summed E-state index contributed by atoms with van der Waals surface area (Å²) < 4.78 is 64.8. The van der Waals surface area contributed by atoms with Crippen molar-refractivity contribution in [1.29, 1.82) is 0 Å². The summed E-state index contributed by atoms with van der Waals surface area (Å²) in [4.78, 5) is 17.3. The van der Waals surface area contributed by atoms with E-state index in [1.54, 1.807) is 35.9 Å². The molecular formula is C26H21F3N4O3S2. The Morgan fingerprint density at radius 2 is 1.74 bits per heavy atom. The van der Waals surface area contributed by atoms with E-state index >= 15 is 0 Å². The number of sulfone groups is 1. The quantitative estimate of drug-likeness (QED) is 0.312. The van der Waals surface area contributed by atoms with E-state index in [1.807, 2.05) is 12.1 Å². The van der Waals surface area contributed by atoms with Gasteiger partial charge in [0.15, 0.2) is 9.84 Å². The fourth-order valence-corrected chi connectivity index (χ4v) is 5.52. The molecule has 7 nitrogen and oxygen atoms in total. The van der Waals surface area contributed by atoms with Crippen molar-refractivity contribution in [2.24, 2.45) is 12.1 Å². The maximum absolute atomic E-state index is 13.2. The number of aryl methyl sites for hydroxylation is 1. The molecule has 4 aromatic rings. The fraction of sp³-hybridized carbons (Fsp3) is 0.192. The third-order valence-corrected chi connectivity index (χ3v) is 8.13. The summed E-state index contributed by atoms with van der Waals surface area (Å²) in [6.07, 6.45) is -3.33. The molecule has 196 valence electrons. The predicted octanol–water partition coefficient (Wildman–Crippen LogP) is 5.74. The average Bonchev–Trinajstić information content (AvgIpc) is 3.20. The zero-order chi connectivity index (χ0) is 27.2. The van der Waals surface area contributed by atoms with Gasteiger partial charge in [0.2, 0.25) is 0 Å². The van der Waals surface area contributed by atoms with Crippen molar-refractivity contribution < 1.29 is 26.4 Å². The molecule has 3 aromatic carbocycles. The van der Waals surface area contributed by atoms with Crippen LogP contribution in [0.25, 0.3) is 22.4 Å². The maximum Gasteiger partial charge on any atom is 0.416 e. The van der Waals surface area contributed by atoms with E-state index in [9.17, 15) is 26.4 Å². The lowest BCUT2D eigenvalue weighted by Gasteiger charge is -2.23. The van der Waals surface area contributed by atoms with E-state index in [-0.39, 0.29) is 16.7 Å². The molecular weight excluding hydrogens is 537 g/mol. The summed E-state index contributed by atoms with van der Waals surface area (Å²) in [7, 11) is -1.58. The van der Waals surface area contributed by atoms with Crippen LogP contribution in [0.15, 0.2) is 76.7 Å². The van der Waals surface area contributed by atoms with Gasteiger partial charge < -0.3 is 4.57 Å². The number of halogens is 3. The zero-order valence-electron chi connectivity index (χ0n) is 20.2. The Morgan fingerprint density at radius 1 is 1.00 bits per heavy atom. The third kappa shape index (κ3) is 5.18. The van der Waals surface area contributed by atoms with Gasteiger partial charge in [-0.2, -0.15) is 18.3 Å². The number of hydrogen-bond acceptors (Lipinski definition) is 6. The van der Waals surface area contributed by atoms with Gasteiger partial charge in [0.1, 0.15) is 5.82 Å².